The fourth-order valence-corrected chi connectivity index (χ4v) is 1.91. The molecule has 19 heavy (non-hydrogen) atoms. The van der Waals surface area contributed by atoms with Gasteiger partial charge in [0.1, 0.15) is 0 Å². The van der Waals surface area contributed by atoms with Gasteiger partial charge >= 0.3 is 5.97 Å². The molecule has 5 heteroatoms. The number of rotatable bonds is 5. The van der Waals surface area contributed by atoms with Crippen LogP contribution in [0.25, 0.3) is 10.9 Å². The molecule has 3 N–H and O–H groups in total. The molecule has 1 amide bonds. The molecule has 100 valence electrons. The standard InChI is InChI=1S/C14H16N2O3/c1-2-9(14(18)19)8-16-13(17)11-4-3-10-5-6-15-12(10)7-11/h3-7,9,15H,2,8H2,1H3,(H,16,17)(H,18,19). The average molecular weight is 260 g/mol. The summed E-state index contributed by atoms with van der Waals surface area (Å²) in [4.78, 5) is 25.8. The number of hydrogen-bond donors (Lipinski definition) is 3. The molecule has 0 aliphatic carbocycles. The van der Waals surface area contributed by atoms with Crippen LogP contribution in [-0.2, 0) is 4.79 Å². The quantitative estimate of drug-likeness (QED) is 0.769. The molecule has 1 aromatic carbocycles. The average Bonchev–Trinajstić information content (AvgIpc) is 2.85. The number of aromatic nitrogens is 1. The summed E-state index contributed by atoms with van der Waals surface area (Å²) in [6, 6.07) is 7.27. The summed E-state index contributed by atoms with van der Waals surface area (Å²) in [6.45, 7) is 1.93. The second-order valence-corrected chi connectivity index (χ2v) is 4.43. The highest BCUT2D eigenvalue weighted by atomic mass is 16.4. The molecule has 0 fully saturated rings. The van der Waals surface area contributed by atoms with Gasteiger partial charge in [0.2, 0.25) is 0 Å². The Morgan fingerprint density at radius 1 is 1.37 bits per heavy atom. The van der Waals surface area contributed by atoms with E-state index in [1.165, 1.54) is 0 Å². The Balaban J connectivity index is 2.05. The summed E-state index contributed by atoms with van der Waals surface area (Å²) in [6.07, 6.45) is 2.30. The first-order valence-electron chi connectivity index (χ1n) is 6.20. The van der Waals surface area contributed by atoms with Crippen molar-refractivity contribution in [1.82, 2.24) is 10.3 Å². The predicted molar refractivity (Wildman–Crippen MR) is 72.0 cm³/mol. The first-order chi connectivity index (χ1) is 9.11. The topological polar surface area (TPSA) is 82.2 Å². The number of benzene rings is 1. The Morgan fingerprint density at radius 2 is 2.16 bits per heavy atom. The number of nitrogens with one attached hydrogen (secondary N) is 2. The molecule has 1 atom stereocenters. The van der Waals surface area contributed by atoms with Crippen LogP contribution < -0.4 is 5.32 Å². The highest BCUT2D eigenvalue weighted by Crippen LogP contribution is 2.14. The Hall–Kier alpha value is -2.30. The molecule has 2 rings (SSSR count). The maximum atomic E-state index is 11.9. The highest BCUT2D eigenvalue weighted by Gasteiger charge is 2.16. The monoisotopic (exact) mass is 260 g/mol. The first-order valence-corrected chi connectivity index (χ1v) is 6.20. The molecule has 0 saturated carbocycles. The van der Waals surface area contributed by atoms with Crippen LogP contribution in [0.1, 0.15) is 23.7 Å². The van der Waals surface area contributed by atoms with Crippen molar-refractivity contribution in [3.05, 3.63) is 36.0 Å². The van der Waals surface area contributed by atoms with Crippen LogP contribution in [0.3, 0.4) is 0 Å². The van der Waals surface area contributed by atoms with Gasteiger partial charge in [-0.2, -0.15) is 0 Å². The van der Waals surface area contributed by atoms with Gasteiger partial charge in [-0.05, 0) is 30.0 Å². The zero-order valence-electron chi connectivity index (χ0n) is 10.6. The van der Waals surface area contributed by atoms with Gasteiger partial charge in [-0.15, -0.1) is 0 Å². The van der Waals surface area contributed by atoms with E-state index < -0.39 is 11.9 Å². The minimum atomic E-state index is -0.886. The summed E-state index contributed by atoms with van der Waals surface area (Å²) in [5, 5.41) is 12.6. The van der Waals surface area contributed by atoms with Crippen LogP contribution in [0.15, 0.2) is 30.5 Å². The Labute approximate surface area is 110 Å². The van der Waals surface area contributed by atoms with Crippen molar-refractivity contribution in [2.75, 3.05) is 6.54 Å². The van der Waals surface area contributed by atoms with Crippen molar-refractivity contribution in [3.8, 4) is 0 Å². The lowest BCUT2D eigenvalue weighted by molar-refractivity contribution is -0.141. The molecule has 2 aromatic rings. The summed E-state index contributed by atoms with van der Waals surface area (Å²) < 4.78 is 0. The van der Waals surface area contributed by atoms with E-state index in [-0.39, 0.29) is 12.5 Å². The molecule has 0 aliphatic rings. The maximum Gasteiger partial charge on any atom is 0.308 e. The van der Waals surface area contributed by atoms with Gasteiger partial charge in [-0.25, -0.2) is 0 Å². The van der Waals surface area contributed by atoms with Gasteiger partial charge in [-0.1, -0.05) is 13.0 Å². The number of aliphatic carboxylic acids is 1. The molecule has 0 radical (unpaired) electrons. The number of carboxylic acids is 1. The predicted octanol–water partition coefficient (Wildman–Crippen LogP) is 2.01. The van der Waals surface area contributed by atoms with Gasteiger partial charge in [0.25, 0.3) is 5.91 Å². The number of carbonyl (C=O) groups is 2. The maximum absolute atomic E-state index is 11.9. The third-order valence-corrected chi connectivity index (χ3v) is 3.17. The zero-order valence-corrected chi connectivity index (χ0v) is 10.6. The van der Waals surface area contributed by atoms with Crippen LogP contribution in [-0.4, -0.2) is 28.5 Å². The second kappa shape index (κ2) is 5.56. The number of carboxylic acid groups (broad SMARTS) is 1. The minimum absolute atomic E-state index is 0.146. The number of fused-ring (bicyclic) bond motifs is 1. The summed E-state index contributed by atoms with van der Waals surface area (Å²) in [7, 11) is 0. The molecule has 0 aliphatic heterocycles. The molecular formula is C14H16N2O3. The van der Waals surface area contributed by atoms with Crippen LogP contribution in [0.4, 0.5) is 0 Å². The van der Waals surface area contributed by atoms with Gasteiger partial charge < -0.3 is 15.4 Å². The third-order valence-electron chi connectivity index (χ3n) is 3.17. The number of aromatic amines is 1. The minimum Gasteiger partial charge on any atom is -0.481 e. The molecule has 0 bridgehead atoms. The van der Waals surface area contributed by atoms with Gasteiger partial charge in [0.15, 0.2) is 0 Å². The van der Waals surface area contributed by atoms with Crippen molar-refractivity contribution >= 4 is 22.8 Å². The van der Waals surface area contributed by atoms with E-state index in [4.69, 9.17) is 5.11 Å². The van der Waals surface area contributed by atoms with Crippen LogP contribution in [0.5, 0.6) is 0 Å². The summed E-state index contributed by atoms with van der Waals surface area (Å²) in [5.74, 6) is -1.68. The molecule has 1 heterocycles. The Kier molecular flexibility index (Phi) is 3.85. The normalized spacial score (nSPS) is 12.3. The Bertz CT molecular complexity index is 604. The van der Waals surface area contributed by atoms with Crippen molar-refractivity contribution in [2.24, 2.45) is 5.92 Å². The second-order valence-electron chi connectivity index (χ2n) is 4.43. The van der Waals surface area contributed by atoms with Crippen molar-refractivity contribution in [2.45, 2.75) is 13.3 Å². The lowest BCUT2D eigenvalue weighted by Crippen LogP contribution is -2.32. The van der Waals surface area contributed by atoms with E-state index in [1.54, 1.807) is 19.1 Å². The van der Waals surface area contributed by atoms with Crippen LogP contribution in [0.2, 0.25) is 0 Å². The molecule has 5 nitrogen and oxygen atoms in total. The largest absolute Gasteiger partial charge is 0.481 e. The highest BCUT2D eigenvalue weighted by molar-refractivity contribution is 5.98. The summed E-state index contributed by atoms with van der Waals surface area (Å²) >= 11 is 0. The molecule has 0 spiro atoms. The summed E-state index contributed by atoms with van der Waals surface area (Å²) in [5.41, 5.74) is 1.41. The lowest BCUT2D eigenvalue weighted by atomic mass is 10.1. The fraction of sp³-hybridized carbons (Fsp3) is 0.286. The lowest BCUT2D eigenvalue weighted by Gasteiger charge is -2.11. The van der Waals surface area contributed by atoms with E-state index in [0.29, 0.717) is 12.0 Å². The number of amides is 1. The third kappa shape index (κ3) is 2.93. The molecule has 1 unspecified atom stereocenters. The number of hydrogen-bond acceptors (Lipinski definition) is 2. The van der Waals surface area contributed by atoms with Crippen molar-refractivity contribution in [3.63, 3.8) is 0 Å². The fourth-order valence-electron chi connectivity index (χ4n) is 1.91. The zero-order chi connectivity index (χ0) is 13.8. The first kappa shape index (κ1) is 13.1. The number of carbonyl (C=O) groups excluding carboxylic acids is 1. The smallest absolute Gasteiger partial charge is 0.308 e. The van der Waals surface area contributed by atoms with Crippen molar-refractivity contribution < 1.29 is 14.7 Å². The van der Waals surface area contributed by atoms with E-state index in [2.05, 4.69) is 10.3 Å². The van der Waals surface area contributed by atoms with E-state index in [0.717, 1.165) is 10.9 Å². The molecular weight excluding hydrogens is 244 g/mol. The van der Waals surface area contributed by atoms with E-state index in [9.17, 15) is 9.59 Å². The molecule has 0 saturated heterocycles. The van der Waals surface area contributed by atoms with Gasteiger partial charge in [0.05, 0.1) is 5.92 Å². The SMILES string of the molecule is CCC(CNC(=O)c1ccc2cc[nH]c2c1)C(=O)O. The van der Waals surface area contributed by atoms with Gasteiger partial charge in [0, 0.05) is 23.8 Å². The van der Waals surface area contributed by atoms with Crippen molar-refractivity contribution in [1.29, 1.82) is 0 Å². The van der Waals surface area contributed by atoms with Crippen LogP contribution in [0, 0.1) is 5.92 Å². The van der Waals surface area contributed by atoms with Gasteiger partial charge in [-0.3, -0.25) is 9.59 Å². The number of H-pyrrole nitrogens is 1. The van der Waals surface area contributed by atoms with Crippen LogP contribution >= 0.6 is 0 Å². The van der Waals surface area contributed by atoms with E-state index in [1.807, 2.05) is 18.3 Å². The van der Waals surface area contributed by atoms with E-state index >= 15 is 0 Å². The Morgan fingerprint density at radius 3 is 2.84 bits per heavy atom. The molecule has 1 aromatic heterocycles.